The van der Waals surface area contributed by atoms with Gasteiger partial charge in [0.25, 0.3) is 0 Å². The third-order valence-corrected chi connectivity index (χ3v) is 4.36. The number of aromatic nitrogens is 2. The molecule has 0 fully saturated rings. The van der Waals surface area contributed by atoms with E-state index in [-0.39, 0.29) is 23.2 Å². The Morgan fingerprint density at radius 3 is 2.84 bits per heavy atom. The molecule has 0 saturated heterocycles. The summed E-state index contributed by atoms with van der Waals surface area (Å²) in [4.78, 5) is 16.8. The highest BCUT2D eigenvalue weighted by Gasteiger charge is 2.16. The topological polar surface area (TPSA) is 70.2 Å². The van der Waals surface area contributed by atoms with Crippen molar-refractivity contribution in [2.24, 2.45) is 0 Å². The van der Waals surface area contributed by atoms with Crippen LogP contribution in [0.1, 0.15) is 5.56 Å². The summed E-state index contributed by atoms with van der Waals surface area (Å²) in [6, 6.07) is 11.8. The van der Waals surface area contributed by atoms with Crippen molar-refractivity contribution in [1.29, 1.82) is 5.26 Å². The van der Waals surface area contributed by atoms with Crippen LogP contribution in [-0.2, 0) is 4.79 Å². The number of fused-ring (bicyclic) bond motifs is 1. The molecule has 1 aromatic carbocycles. The maximum absolute atomic E-state index is 13.2. The van der Waals surface area contributed by atoms with Crippen LogP contribution in [0.5, 0.6) is 0 Å². The van der Waals surface area contributed by atoms with E-state index in [9.17, 15) is 9.18 Å². The van der Waals surface area contributed by atoms with E-state index in [1.807, 2.05) is 31.3 Å². The van der Waals surface area contributed by atoms with Gasteiger partial charge in [-0.15, -0.1) is 11.8 Å². The van der Waals surface area contributed by atoms with Crippen LogP contribution in [0.4, 0.5) is 10.2 Å². The molecule has 3 rings (SSSR count). The van der Waals surface area contributed by atoms with Gasteiger partial charge in [0.1, 0.15) is 23.0 Å². The van der Waals surface area contributed by atoms with Crippen LogP contribution in [0.25, 0.3) is 16.9 Å². The number of thioether (sulfide) groups is 1. The van der Waals surface area contributed by atoms with E-state index in [2.05, 4.69) is 10.3 Å². The lowest BCUT2D eigenvalue weighted by atomic mass is 10.1. The summed E-state index contributed by atoms with van der Waals surface area (Å²) in [5.41, 5.74) is 3.02. The fourth-order valence-corrected chi connectivity index (χ4v) is 2.88. The lowest BCUT2D eigenvalue weighted by molar-refractivity contribution is -0.113. The highest BCUT2D eigenvalue weighted by atomic mass is 32.2. The minimum atomic E-state index is -0.332. The van der Waals surface area contributed by atoms with E-state index in [1.165, 1.54) is 23.9 Å². The van der Waals surface area contributed by atoms with Crippen molar-refractivity contribution >= 4 is 29.1 Å². The number of anilines is 1. The van der Waals surface area contributed by atoms with Crippen LogP contribution in [0.15, 0.2) is 42.6 Å². The average molecular weight is 354 g/mol. The summed E-state index contributed by atoms with van der Waals surface area (Å²) >= 11 is 1.24. The highest BCUT2D eigenvalue weighted by molar-refractivity contribution is 8.00. The van der Waals surface area contributed by atoms with Gasteiger partial charge < -0.3 is 5.32 Å². The van der Waals surface area contributed by atoms with Crippen molar-refractivity contribution in [2.75, 3.05) is 16.8 Å². The van der Waals surface area contributed by atoms with Crippen molar-refractivity contribution in [2.45, 2.75) is 6.92 Å². The largest absolute Gasteiger partial charge is 0.309 e. The van der Waals surface area contributed by atoms with Gasteiger partial charge in [-0.2, -0.15) is 5.26 Å². The van der Waals surface area contributed by atoms with Gasteiger partial charge in [0, 0.05) is 11.8 Å². The Kier molecular flexibility index (Phi) is 5.00. The maximum Gasteiger partial charge on any atom is 0.235 e. The Morgan fingerprint density at radius 2 is 2.12 bits per heavy atom. The molecule has 3 aromatic rings. The smallest absolute Gasteiger partial charge is 0.235 e. The van der Waals surface area contributed by atoms with Crippen molar-refractivity contribution in [3.05, 3.63) is 54.0 Å². The molecular formula is C18H15FN4OS. The summed E-state index contributed by atoms with van der Waals surface area (Å²) in [6.45, 7) is 1.96. The predicted molar refractivity (Wildman–Crippen MR) is 96.9 cm³/mol. The molecule has 0 bridgehead atoms. The molecule has 1 amide bonds. The van der Waals surface area contributed by atoms with Gasteiger partial charge in [-0.05, 0) is 48.9 Å². The molecule has 1 N–H and O–H groups in total. The lowest BCUT2D eigenvalue weighted by Crippen LogP contribution is -2.16. The van der Waals surface area contributed by atoms with Gasteiger partial charge in [-0.3, -0.25) is 9.20 Å². The zero-order valence-electron chi connectivity index (χ0n) is 13.5. The second-order valence-corrected chi connectivity index (χ2v) is 6.43. The summed E-state index contributed by atoms with van der Waals surface area (Å²) in [5, 5.41) is 11.4. The number of carbonyl (C=O) groups is 1. The zero-order chi connectivity index (χ0) is 17.8. The molecule has 0 radical (unpaired) electrons. The number of nitrogens with one attached hydrogen (secondary N) is 1. The minimum absolute atomic E-state index is 0.176. The maximum atomic E-state index is 13.2. The number of hydrogen-bond acceptors (Lipinski definition) is 4. The average Bonchev–Trinajstić information content (AvgIpc) is 2.93. The first-order valence-electron chi connectivity index (χ1n) is 7.57. The normalized spacial score (nSPS) is 10.6. The van der Waals surface area contributed by atoms with Gasteiger partial charge in [0.05, 0.1) is 17.6 Å². The number of hydrogen-bond donors (Lipinski definition) is 1. The van der Waals surface area contributed by atoms with E-state index in [0.717, 1.165) is 5.56 Å². The molecule has 126 valence electrons. The number of aryl methyl sites for hydroxylation is 1. The molecule has 0 aliphatic heterocycles. The van der Waals surface area contributed by atoms with Crippen molar-refractivity contribution < 1.29 is 9.18 Å². The van der Waals surface area contributed by atoms with Crippen molar-refractivity contribution in [3.8, 4) is 17.3 Å². The second kappa shape index (κ2) is 7.36. The lowest BCUT2D eigenvalue weighted by Gasteiger charge is -2.07. The van der Waals surface area contributed by atoms with Crippen molar-refractivity contribution in [3.63, 3.8) is 0 Å². The number of halogens is 1. The zero-order valence-corrected chi connectivity index (χ0v) is 14.3. The minimum Gasteiger partial charge on any atom is -0.309 e. The number of pyridine rings is 1. The molecule has 25 heavy (non-hydrogen) atoms. The first-order chi connectivity index (χ1) is 12.1. The number of carbonyl (C=O) groups excluding carboxylic acids is 1. The molecule has 0 aliphatic rings. The third kappa shape index (κ3) is 3.80. The Labute approximate surface area is 148 Å². The summed E-state index contributed by atoms with van der Waals surface area (Å²) in [7, 11) is 0. The van der Waals surface area contributed by atoms with E-state index in [4.69, 9.17) is 5.26 Å². The SMILES string of the molecule is Cc1ccn2c(NC(=O)CSCC#N)c(-c3ccc(F)cc3)nc2c1. The van der Waals surface area contributed by atoms with Crippen LogP contribution in [0.2, 0.25) is 0 Å². The molecule has 5 nitrogen and oxygen atoms in total. The number of benzene rings is 1. The van der Waals surface area contributed by atoms with Gasteiger partial charge in [-0.1, -0.05) is 0 Å². The van der Waals surface area contributed by atoms with E-state index in [0.29, 0.717) is 22.7 Å². The van der Waals surface area contributed by atoms with Crippen LogP contribution in [-0.4, -0.2) is 26.8 Å². The van der Waals surface area contributed by atoms with E-state index in [1.54, 1.807) is 16.5 Å². The quantitative estimate of drug-likeness (QED) is 0.710. The number of imidazole rings is 1. The number of nitriles is 1. The fourth-order valence-electron chi connectivity index (χ4n) is 2.43. The standard InChI is InChI=1S/C18H15FN4OS/c1-12-6-8-23-15(10-12)21-17(13-2-4-14(19)5-3-13)18(23)22-16(24)11-25-9-7-20/h2-6,8,10H,9,11H2,1H3,(H,22,24). The molecule has 7 heteroatoms. The molecule has 2 aromatic heterocycles. The molecule has 0 saturated carbocycles. The van der Waals surface area contributed by atoms with Gasteiger partial charge >= 0.3 is 0 Å². The molecule has 2 heterocycles. The first-order valence-corrected chi connectivity index (χ1v) is 8.73. The third-order valence-electron chi connectivity index (χ3n) is 3.56. The van der Waals surface area contributed by atoms with Crippen molar-refractivity contribution in [1.82, 2.24) is 9.38 Å². The molecule has 0 unspecified atom stereocenters. The highest BCUT2D eigenvalue weighted by Crippen LogP contribution is 2.29. The van der Waals surface area contributed by atoms with Crippen LogP contribution in [0, 0.1) is 24.1 Å². The number of amides is 1. The molecule has 0 aliphatic carbocycles. The number of nitrogens with zero attached hydrogens (tertiary/aromatic N) is 3. The fraction of sp³-hybridized carbons (Fsp3) is 0.167. The molecule has 0 atom stereocenters. The summed E-state index contributed by atoms with van der Waals surface area (Å²) < 4.78 is 15.0. The summed E-state index contributed by atoms with van der Waals surface area (Å²) in [6.07, 6.45) is 1.84. The van der Waals surface area contributed by atoms with E-state index >= 15 is 0 Å². The first kappa shape index (κ1) is 17.0. The monoisotopic (exact) mass is 354 g/mol. The van der Waals surface area contributed by atoms with Crippen LogP contribution >= 0.6 is 11.8 Å². The molecular weight excluding hydrogens is 339 g/mol. The summed E-state index contributed by atoms with van der Waals surface area (Å²) in [5.74, 6) is 0.414. The predicted octanol–water partition coefficient (Wildman–Crippen LogP) is 3.64. The van der Waals surface area contributed by atoms with Gasteiger partial charge in [0.15, 0.2) is 0 Å². The second-order valence-electron chi connectivity index (χ2n) is 5.45. The van der Waals surface area contributed by atoms with Crippen LogP contribution in [0.3, 0.4) is 0 Å². The Balaban J connectivity index is 2.01. The van der Waals surface area contributed by atoms with Gasteiger partial charge in [0.2, 0.25) is 5.91 Å². The molecule has 0 spiro atoms. The van der Waals surface area contributed by atoms with E-state index < -0.39 is 0 Å². The number of rotatable bonds is 5. The van der Waals surface area contributed by atoms with Gasteiger partial charge in [-0.25, -0.2) is 9.37 Å². The Hall–Kier alpha value is -2.85. The Morgan fingerprint density at radius 1 is 1.36 bits per heavy atom. The van der Waals surface area contributed by atoms with Crippen LogP contribution < -0.4 is 5.32 Å². The Bertz CT molecular complexity index is 960.